The fraction of sp³-hybridized carbons (Fsp3) is 0.158. The molecule has 1 N–H and O–H groups in total. The molecule has 3 aromatic rings. The number of rotatable bonds is 6. The van der Waals surface area contributed by atoms with Gasteiger partial charge in [-0.15, -0.1) is 10.2 Å². The summed E-state index contributed by atoms with van der Waals surface area (Å²) >= 11 is 1.28. The van der Waals surface area contributed by atoms with Gasteiger partial charge in [0.05, 0.1) is 29.7 Å². The summed E-state index contributed by atoms with van der Waals surface area (Å²) in [4.78, 5) is 12.5. The minimum absolute atomic E-state index is 0.190. The van der Waals surface area contributed by atoms with Gasteiger partial charge < -0.3 is 10.1 Å². The van der Waals surface area contributed by atoms with Crippen LogP contribution in [0, 0.1) is 11.3 Å². The van der Waals surface area contributed by atoms with Crippen molar-refractivity contribution in [3.05, 3.63) is 60.4 Å². The highest BCUT2D eigenvalue weighted by atomic mass is 32.2. The summed E-state index contributed by atoms with van der Waals surface area (Å²) < 4.78 is 7.17. The second-order valence-corrected chi connectivity index (χ2v) is 6.91. The molecule has 0 aliphatic heterocycles. The van der Waals surface area contributed by atoms with E-state index in [9.17, 15) is 4.79 Å². The minimum Gasteiger partial charge on any atom is -0.495 e. The van der Waals surface area contributed by atoms with Gasteiger partial charge in [0.15, 0.2) is 5.16 Å². The summed E-state index contributed by atoms with van der Waals surface area (Å²) in [6.45, 7) is 1.79. The molecule has 0 fully saturated rings. The molecule has 1 unspecified atom stereocenters. The van der Waals surface area contributed by atoms with Crippen molar-refractivity contribution in [2.45, 2.75) is 17.3 Å². The largest absolute Gasteiger partial charge is 0.495 e. The Labute approximate surface area is 161 Å². The van der Waals surface area contributed by atoms with Crippen molar-refractivity contribution in [1.82, 2.24) is 14.8 Å². The summed E-state index contributed by atoms with van der Waals surface area (Å²) in [5, 5.41) is 20.0. The summed E-state index contributed by atoms with van der Waals surface area (Å²) in [7, 11) is 1.60. The van der Waals surface area contributed by atoms with E-state index in [-0.39, 0.29) is 5.91 Å². The molecule has 1 heterocycles. The molecule has 136 valence electrons. The topological polar surface area (TPSA) is 92.8 Å². The molecule has 27 heavy (non-hydrogen) atoms. The minimum atomic E-state index is -0.423. The first-order chi connectivity index (χ1) is 13.1. The normalized spacial score (nSPS) is 11.4. The first-order valence-electron chi connectivity index (χ1n) is 8.13. The molecule has 0 aliphatic carbocycles. The highest BCUT2D eigenvalue weighted by Gasteiger charge is 2.19. The number of hydrogen-bond acceptors (Lipinski definition) is 6. The van der Waals surface area contributed by atoms with Gasteiger partial charge in [0.2, 0.25) is 5.91 Å². The van der Waals surface area contributed by atoms with E-state index in [0.717, 1.165) is 5.69 Å². The van der Waals surface area contributed by atoms with Crippen LogP contribution in [0.1, 0.15) is 12.5 Å². The number of nitrogens with one attached hydrogen (secondary N) is 1. The van der Waals surface area contributed by atoms with Gasteiger partial charge in [-0.25, -0.2) is 0 Å². The number of nitriles is 1. The van der Waals surface area contributed by atoms with E-state index in [1.165, 1.54) is 11.8 Å². The molecular formula is C19H17N5O2S. The number of carbonyl (C=O) groups is 1. The van der Waals surface area contributed by atoms with Gasteiger partial charge in [-0.3, -0.25) is 9.36 Å². The third-order valence-corrected chi connectivity index (χ3v) is 4.83. The van der Waals surface area contributed by atoms with Crippen molar-refractivity contribution >= 4 is 23.4 Å². The van der Waals surface area contributed by atoms with Crippen LogP contribution in [0.15, 0.2) is 60.0 Å². The van der Waals surface area contributed by atoms with Crippen LogP contribution in [0.3, 0.4) is 0 Å². The van der Waals surface area contributed by atoms with E-state index >= 15 is 0 Å². The van der Waals surface area contributed by atoms with Crippen LogP contribution in [0.2, 0.25) is 0 Å². The van der Waals surface area contributed by atoms with E-state index in [1.807, 2.05) is 24.3 Å². The van der Waals surface area contributed by atoms with Crippen LogP contribution < -0.4 is 10.1 Å². The van der Waals surface area contributed by atoms with Crippen LogP contribution in [0.25, 0.3) is 5.69 Å². The number of para-hydroxylation sites is 2. The Morgan fingerprint density at radius 2 is 2.11 bits per heavy atom. The molecule has 7 nitrogen and oxygen atoms in total. The van der Waals surface area contributed by atoms with E-state index in [1.54, 1.807) is 49.2 Å². The quantitative estimate of drug-likeness (QED) is 0.661. The van der Waals surface area contributed by atoms with Crippen LogP contribution in [0.5, 0.6) is 5.75 Å². The number of thioether (sulfide) groups is 1. The van der Waals surface area contributed by atoms with Crippen molar-refractivity contribution in [2.75, 3.05) is 12.4 Å². The molecule has 1 atom stereocenters. The Balaban J connectivity index is 1.75. The fourth-order valence-corrected chi connectivity index (χ4v) is 3.26. The number of anilines is 1. The van der Waals surface area contributed by atoms with E-state index in [0.29, 0.717) is 22.2 Å². The maximum Gasteiger partial charge on any atom is 0.237 e. The Kier molecular flexibility index (Phi) is 5.74. The van der Waals surface area contributed by atoms with Crippen molar-refractivity contribution < 1.29 is 9.53 Å². The molecule has 0 saturated heterocycles. The molecule has 8 heteroatoms. The number of nitrogens with zero attached hydrogens (tertiary/aromatic N) is 4. The van der Waals surface area contributed by atoms with Gasteiger partial charge in [0, 0.05) is 5.69 Å². The molecule has 0 radical (unpaired) electrons. The summed E-state index contributed by atoms with van der Waals surface area (Å²) in [6, 6.07) is 16.4. The lowest BCUT2D eigenvalue weighted by Crippen LogP contribution is -2.22. The average molecular weight is 379 g/mol. The van der Waals surface area contributed by atoms with Crippen LogP contribution in [-0.4, -0.2) is 33.0 Å². The smallest absolute Gasteiger partial charge is 0.237 e. The highest BCUT2D eigenvalue weighted by molar-refractivity contribution is 8.00. The van der Waals surface area contributed by atoms with Crippen LogP contribution in [-0.2, 0) is 4.79 Å². The van der Waals surface area contributed by atoms with Gasteiger partial charge in [0.25, 0.3) is 0 Å². The van der Waals surface area contributed by atoms with Crippen molar-refractivity contribution in [3.8, 4) is 17.5 Å². The maximum atomic E-state index is 12.5. The average Bonchev–Trinajstić information content (AvgIpc) is 3.15. The van der Waals surface area contributed by atoms with Gasteiger partial charge in [-0.2, -0.15) is 5.26 Å². The summed E-state index contributed by atoms with van der Waals surface area (Å²) in [6.07, 6.45) is 1.58. The van der Waals surface area contributed by atoms with Crippen LogP contribution in [0.4, 0.5) is 5.69 Å². The van der Waals surface area contributed by atoms with Gasteiger partial charge in [0.1, 0.15) is 12.1 Å². The predicted molar refractivity (Wildman–Crippen MR) is 103 cm³/mol. The molecule has 2 aromatic carbocycles. The van der Waals surface area contributed by atoms with Gasteiger partial charge in [-0.05, 0) is 37.3 Å². The third-order valence-electron chi connectivity index (χ3n) is 3.77. The maximum absolute atomic E-state index is 12.5. The van der Waals surface area contributed by atoms with E-state index in [2.05, 4.69) is 21.6 Å². The lowest BCUT2D eigenvalue weighted by Gasteiger charge is -2.14. The van der Waals surface area contributed by atoms with E-state index < -0.39 is 5.25 Å². The number of hydrogen-bond donors (Lipinski definition) is 1. The summed E-state index contributed by atoms with van der Waals surface area (Å²) in [5.74, 6) is 0.495. The number of carbonyl (C=O) groups excluding carboxylic acids is 1. The zero-order chi connectivity index (χ0) is 19.2. The van der Waals surface area contributed by atoms with Crippen LogP contribution >= 0.6 is 11.8 Å². The number of benzene rings is 2. The number of amides is 1. The zero-order valence-corrected chi connectivity index (χ0v) is 15.6. The Morgan fingerprint density at radius 1 is 1.30 bits per heavy atom. The molecule has 1 aromatic heterocycles. The molecule has 0 spiro atoms. The number of methoxy groups -OCH3 is 1. The standard InChI is InChI=1S/C19H17N5O2S/c1-13(18(25)22-15-7-5-6-14(10-15)11-20)27-19-23-21-12-24(19)16-8-3-4-9-17(16)26-2/h3-10,12-13H,1-2H3,(H,22,25). The Bertz CT molecular complexity index is 996. The molecule has 0 saturated carbocycles. The monoisotopic (exact) mass is 379 g/mol. The summed E-state index contributed by atoms with van der Waals surface area (Å²) in [5.41, 5.74) is 1.86. The lowest BCUT2D eigenvalue weighted by molar-refractivity contribution is -0.115. The fourth-order valence-electron chi connectivity index (χ4n) is 2.42. The Hall–Kier alpha value is -3.31. The molecule has 3 rings (SSSR count). The highest BCUT2D eigenvalue weighted by Crippen LogP contribution is 2.29. The predicted octanol–water partition coefficient (Wildman–Crippen LogP) is 3.27. The SMILES string of the molecule is COc1ccccc1-n1cnnc1SC(C)C(=O)Nc1cccc(C#N)c1. The van der Waals surface area contributed by atoms with Gasteiger partial charge in [-0.1, -0.05) is 30.0 Å². The molecular weight excluding hydrogens is 362 g/mol. The molecule has 0 aliphatic rings. The third kappa shape index (κ3) is 4.27. The first kappa shape index (κ1) is 18.5. The second kappa shape index (κ2) is 8.38. The second-order valence-electron chi connectivity index (χ2n) is 5.60. The molecule has 0 bridgehead atoms. The van der Waals surface area contributed by atoms with Crippen molar-refractivity contribution in [2.24, 2.45) is 0 Å². The number of ether oxygens (including phenoxy) is 1. The zero-order valence-electron chi connectivity index (χ0n) is 14.8. The Morgan fingerprint density at radius 3 is 2.89 bits per heavy atom. The first-order valence-corrected chi connectivity index (χ1v) is 9.01. The van der Waals surface area contributed by atoms with Crippen molar-refractivity contribution in [3.63, 3.8) is 0 Å². The van der Waals surface area contributed by atoms with Crippen molar-refractivity contribution in [1.29, 1.82) is 5.26 Å². The van der Waals surface area contributed by atoms with Gasteiger partial charge >= 0.3 is 0 Å². The van der Waals surface area contributed by atoms with E-state index in [4.69, 9.17) is 10.00 Å². The molecule has 1 amide bonds. The number of aromatic nitrogens is 3. The lowest BCUT2D eigenvalue weighted by atomic mass is 10.2.